The van der Waals surface area contributed by atoms with Crippen LogP contribution in [0.4, 0.5) is 0 Å². The summed E-state index contributed by atoms with van der Waals surface area (Å²) in [6, 6.07) is 25.6. The maximum Gasteiger partial charge on any atom is 0.254 e. The summed E-state index contributed by atoms with van der Waals surface area (Å²) in [6.07, 6.45) is 0.579. The second-order valence-corrected chi connectivity index (χ2v) is 8.17. The molecule has 0 spiro atoms. The van der Waals surface area contributed by atoms with Crippen LogP contribution in [0.2, 0.25) is 0 Å². The normalized spacial score (nSPS) is 16.6. The predicted molar refractivity (Wildman–Crippen MR) is 126 cm³/mol. The van der Waals surface area contributed by atoms with Crippen LogP contribution in [0.1, 0.15) is 15.9 Å². The summed E-state index contributed by atoms with van der Waals surface area (Å²) in [4.78, 5) is 30.0. The third kappa shape index (κ3) is 4.67. The highest BCUT2D eigenvalue weighted by molar-refractivity contribution is 5.95. The van der Waals surface area contributed by atoms with Crippen LogP contribution >= 0.6 is 0 Å². The molecule has 5 heteroatoms. The van der Waals surface area contributed by atoms with E-state index < -0.39 is 0 Å². The Morgan fingerprint density at radius 1 is 0.969 bits per heavy atom. The largest absolute Gasteiger partial charge is 0.497 e. The molecule has 0 unspecified atom stereocenters. The number of carbonyl (C=O) groups is 2. The highest BCUT2D eigenvalue weighted by Gasteiger charge is 2.31. The monoisotopic (exact) mass is 428 g/mol. The molecule has 1 atom stereocenters. The zero-order valence-corrected chi connectivity index (χ0v) is 18.5. The van der Waals surface area contributed by atoms with Crippen LogP contribution in [0.15, 0.2) is 78.9 Å². The number of benzene rings is 3. The lowest BCUT2D eigenvalue weighted by Gasteiger charge is -2.24. The summed E-state index contributed by atoms with van der Waals surface area (Å²) < 4.78 is 5.27. The predicted octanol–water partition coefficient (Wildman–Crippen LogP) is 4.14. The molecule has 1 heterocycles. The minimum atomic E-state index is -0.304. The first-order valence-electron chi connectivity index (χ1n) is 10.9. The van der Waals surface area contributed by atoms with Crippen molar-refractivity contribution in [2.75, 3.05) is 33.8 Å². The quantitative estimate of drug-likeness (QED) is 0.614. The number of hydrogen-bond acceptors (Lipinski definition) is 3. The molecule has 0 N–H and O–H groups in total. The van der Waals surface area contributed by atoms with Gasteiger partial charge in [0.1, 0.15) is 5.75 Å². The summed E-state index contributed by atoms with van der Waals surface area (Å²) in [6.45, 7) is 1.42. The maximum absolute atomic E-state index is 13.3. The van der Waals surface area contributed by atoms with Crippen LogP contribution in [0.5, 0.6) is 5.75 Å². The molecule has 1 saturated heterocycles. The minimum Gasteiger partial charge on any atom is -0.497 e. The van der Waals surface area contributed by atoms with E-state index in [-0.39, 0.29) is 17.7 Å². The molecule has 0 bridgehead atoms. The highest BCUT2D eigenvalue weighted by atomic mass is 16.5. The van der Waals surface area contributed by atoms with Crippen molar-refractivity contribution in [2.45, 2.75) is 6.42 Å². The molecule has 0 radical (unpaired) electrons. The molecule has 3 aromatic carbocycles. The van der Waals surface area contributed by atoms with E-state index in [4.69, 9.17) is 4.74 Å². The van der Waals surface area contributed by atoms with Crippen LogP contribution in [-0.2, 0) is 11.2 Å². The van der Waals surface area contributed by atoms with E-state index in [9.17, 15) is 9.59 Å². The maximum atomic E-state index is 13.3. The number of rotatable bonds is 5. The first kappa shape index (κ1) is 21.6. The number of nitrogens with zero attached hydrogens (tertiary/aromatic N) is 2. The Balaban J connectivity index is 1.61. The van der Waals surface area contributed by atoms with Gasteiger partial charge in [-0.25, -0.2) is 0 Å². The van der Waals surface area contributed by atoms with E-state index in [0.717, 1.165) is 16.7 Å². The lowest BCUT2D eigenvalue weighted by Crippen LogP contribution is -2.37. The standard InChI is InChI=1S/C27H28N2O3/c1-28-15-16-29(27(31)22-12-8-13-24(18-22)32-2)19-23(26(28)30)17-21-11-6-7-14-25(21)20-9-4-3-5-10-20/h3-14,18,23H,15-17,19H2,1-2H3/t23-/m1/s1. The summed E-state index contributed by atoms with van der Waals surface area (Å²) in [7, 11) is 3.40. The van der Waals surface area contributed by atoms with Gasteiger partial charge in [-0.15, -0.1) is 0 Å². The molecule has 4 rings (SSSR count). The van der Waals surface area contributed by atoms with Gasteiger partial charge in [0.2, 0.25) is 5.91 Å². The molecule has 0 saturated carbocycles. The molecule has 1 aliphatic rings. The lowest BCUT2D eigenvalue weighted by atomic mass is 9.91. The first-order chi connectivity index (χ1) is 15.6. The van der Waals surface area contributed by atoms with Crippen molar-refractivity contribution < 1.29 is 14.3 Å². The second-order valence-electron chi connectivity index (χ2n) is 8.17. The summed E-state index contributed by atoms with van der Waals surface area (Å²) >= 11 is 0. The molecule has 1 fully saturated rings. The zero-order chi connectivity index (χ0) is 22.5. The van der Waals surface area contributed by atoms with Crippen LogP contribution in [0.3, 0.4) is 0 Å². The van der Waals surface area contributed by atoms with Crippen LogP contribution < -0.4 is 4.74 Å². The summed E-state index contributed by atoms with van der Waals surface area (Å²) in [5.74, 6) is 0.344. The van der Waals surface area contributed by atoms with Crippen LogP contribution in [-0.4, -0.2) is 55.4 Å². The van der Waals surface area contributed by atoms with Gasteiger partial charge in [0, 0.05) is 32.2 Å². The van der Waals surface area contributed by atoms with Crippen molar-refractivity contribution in [3.05, 3.63) is 90.0 Å². The van der Waals surface area contributed by atoms with E-state index >= 15 is 0 Å². The van der Waals surface area contributed by atoms with Gasteiger partial charge in [0.25, 0.3) is 5.91 Å². The molecule has 0 aliphatic carbocycles. The van der Waals surface area contributed by atoms with E-state index in [2.05, 4.69) is 24.3 Å². The lowest BCUT2D eigenvalue weighted by molar-refractivity contribution is -0.133. The number of carbonyl (C=O) groups excluding carboxylic acids is 2. The topological polar surface area (TPSA) is 49.9 Å². The Kier molecular flexibility index (Phi) is 6.55. The van der Waals surface area contributed by atoms with Gasteiger partial charge in [0.05, 0.1) is 13.0 Å². The van der Waals surface area contributed by atoms with Crippen molar-refractivity contribution in [3.63, 3.8) is 0 Å². The average Bonchev–Trinajstić information content (AvgIpc) is 2.98. The van der Waals surface area contributed by atoms with Gasteiger partial charge < -0.3 is 14.5 Å². The van der Waals surface area contributed by atoms with Gasteiger partial charge in [-0.05, 0) is 41.3 Å². The van der Waals surface area contributed by atoms with Gasteiger partial charge in [0.15, 0.2) is 0 Å². The Hall–Kier alpha value is -3.60. The molecular formula is C27H28N2O3. The number of ether oxygens (including phenoxy) is 1. The van der Waals surface area contributed by atoms with Crippen LogP contribution in [0.25, 0.3) is 11.1 Å². The SMILES string of the molecule is COc1cccc(C(=O)N2CCN(C)C(=O)[C@H](Cc3ccccc3-c3ccccc3)C2)c1. The van der Waals surface area contributed by atoms with Gasteiger partial charge in [-0.3, -0.25) is 9.59 Å². The molecule has 5 nitrogen and oxygen atoms in total. The van der Waals surface area contributed by atoms with E-state index in [0.29, 0.717) is 37.4 Å². The van der Waals surface area contributed by atoms with Crippen molar-refractivity contribution in [2.24, 2.45) is 5.92 Å². The Morgan fingerprint density at radius 2 is 1.72 bits per heavy atom. The number of methoxy groups -OCH3 is 1. The number of likely N-dealkylation sites (N-methyl/N-ethyl adjacent to an activating group) is 1. The Labute approximate surface area is 189 Å². The summed E-state index contributed by atoms with van der Waals surface area (Å²) in [5.41, 5.74) is 3.94. The van der Waals surface area contributed by atoms with Gasteiger partial charge in [-0.1, -0.05) is 60.7 Å². The Bertz CT molecular complexity index is 1100. The number of hydrogen-bond donors (Lipinski definition) is 0. The zero-order valence-electron chi connectivity index (χ0n) is 18.5. The molecule has 164 valence electrons. The molecule has 0 aromatic heterocycles. The van der Waals surface area contributed by atoms with Crippen LogP contribution in [0, 0.1) is 5.92 Å². The van der Waals surface area contributed by atoms with Crippen molar-refractivity contribution in [3.8, 4) is 16.9 Å². The molecule has 1 aliphatic heterocycles. The van der Waals surface area contributed by atoms with Crippen molar-refractivity contribution in [1.29, 1.82) is 0 Å². The van der Waals surface area contributed by atoms with Gasteiger partial charge >= 0.3 is 0 Å². The average molecular weight is 429 g/mol. The highest BCUT2D eigenvalue weighted by Crippen LogP contribution is 2.27. The third-order valence-corrected chi connectivity index (χ3v) is 6.04. The van der Waals surface area contributed by atoms with Crippen molar-refractivity contribution in [1.82, 2.24) is 9.80 Å². The van der Waals surface area contributed by atoms with E-state index in [1.54, 1.807) is 29.0 Å². The summed E-state index contributed by atoms with van der Waals surface area (Å²) in [5, 5.41) is 0. The van der Waals surface area contributed by atoms with E-state index in [1.807, 2.05) is 49.5 Å². The second kappa shape index (κ2) is 9.69. The third-order valence-electron chi connectivity index (χ3n) is 6.04. The van der Waals surface area contributed by atoms with E-state index in [1.165, 1.54) is 0 Å². The molecule has 32 heavy (non-hydrogen) atoms. The smallest absolute Gasteiger partial charge is 0.254 e. The molecular weight excluding hydrogens is 400 g/mol. The fourth-order valence-corrected chi connectivity index (χ4v) is 4.27. The molecule has 2 amide bonds. The molecule has 3 aromatic rings. The number of amides is 2. The fraction of sp³-hybridized carbons (Fsp3) is 0.259. The van der Waals surface area contributed by atoms with Gasteiger partial charge in [-0.2, -0.15) is 0 Å². The Morgan fingerprint density at radius 3 is 2.50 bits per heavy atom. The minimum absolute atomic E-state index is 0.0756. The first-order valence-corrected chi connectivity index (χ1v) is 10.9. The fourth-order valence-electron chi connectivity index (χ4n) is 4.27. The van der Waals surface area contributed by atoms with Crippen molar-refractivity contribution >= 4 is 11.8 Å².